The van der Waals surface area contributed by atoms with Crippen molar-refractivity contribution in [1.29, 1.82) is 0 Å². The Morgan fingerprint density at radius 3 is 2.17 bits per heavy atom. The Bertz CT molecular complexity index is 983. The Morgan fingerprint density at radius 1 is 1.00 bits per heavy atom. The van der Waals surface area contributed by atoms with Crippen molar-refractivity contribution in [2.75, 3.05) is 31.1 Å². The third-order valence-corrected chi connectivity index (χ3v) is 6.00. The van der Waals surface area contributed by atoms with Crippen molar-refractivity contribution in [2.45, 2.75) is 6.04 Å². The van der Waals surface area contributed by atoms with E-state index in [4.69, 9.17) is 0 Å². The van der Waals surface area contributed by atoms with Crippen molar-refractivity contribution in [2.24, 2.45) is 7.05 Å². The molecule has 6 nitrogen and oxygen atoms in total. The van der Waals surface area contributed by atoms with Crippen LogP contribution >= 0.6 is 15.9 Å². The fourth-order valence-corrected chi connectivity index (χ4v) is 4.59. The van der Waals surface area contributed by atoms with Gasteiger partial charge in [0.05, 0.1) is 5.69 Å². The number of nitrogens with zero attached hydrogens (tertiary/aromatic N) is 4. The van der Waals surface area contributed by atoms with Crippen molar-refractivity contribution in [3.8, 4) is 11.4 Å². The van der Waals surface area contributed by atoms with Crippen molar-refractivity contribution in [3.63, 3.8) is 0 Å². The highest BCUT2D eigenvalue weighted by Crippen LogP contribution is 2.33. The minimum absolute atomic E-state index is 0.580. The lowest BCUT2D eigenvalue weighted by Crippen LogP contribution is -2.49. The van der Waals surface area contributed by atoms with Crippen molar-refractivity contribution in [3.05, 3.63) is 71.0 Å². The van der Waals surface area contributed by atoms with E-state index in [0.29, 0.717) is 23.4 Å². The molecular weight excluding hydrogens is 432 g/mol. The SMILES string of the molecule is Cn1c(-c2ccccc2)nc(Br)c1C(C(=O)O)N1CCN(c2ccccc2)CC1. The van der Waals surface area contributed by atoms with Gasteiger partial charge in [-0.05, 0) is 28.1 Å². The average molecular weight is 455 g/mol. The van der Waals surface area contributed by atoms with E-state index in [1.165, 1.54) is 5.69 Å². The summed E-state index contributed by atoms with van der Waals surface area (Å²) < 4.78 is 2.47. The van der Waals surface area contributed by atoms with E-state index in [-0.39, 0.29) is 0 Å². The number of piperazine rings is 1. The van der Waals surface area contributed by atoms with Gasteiger partial charge >= 0.3 is 5.97 Å². The molecule has 0 bridgehead atoms. The molecule has 1 saturated heterocycles. The molecule has 1 aliphatic rings. The topological polar surface area (TPSA) is 61.6 Å². The molecule has 0 spiro atoms. The van der Waals surface area contributed by atoms with Crippen molar-refractivity contribution in [1.82, 2.24) is 14.5 Å². The second-order valence-electron chi connectivity index (χ2n) is 7.14. The summed E-state index contributed by atoms with van der Waals surface area (Å²) in [5.74, 6) is -0.108. The molecule has 1 fully saturated rings. The van der Waals surface area contributed by atoms with Crippen LogP contribution in [0.5, 0.6) is 0 Å². The number of aliphatic carboxylic acids is 1. The number of carboxylic acid groups (broad SMARTS) is 1. The van der Waals surface area contributed by atoms with E-state index in [9.17, 15) is 9.90 Å². The Morgan fingerprint density at radius 2 is 1.59 bits per heavy atom. The first kappa shape index (κ1) is 19.7. The first-order valence-electron chi connectivity index (χ1n) is 9.60. The number of benzene rings is 2. The van der Waals surface area contributed by atoms with Crippen LogP contribution in [-0.2, 0) is 11.8 Å². The zero-order valence-electron chi connectivity index (χ0n) is 16.2. The van der Waals surface area contributed by atoms with Crippen molar-refractivity contribution >= 4 is 27.6 Å². The number of carbonyl (C=O) groups is 1. The largest absolute Gasteiger partial charge is 0.480 e. The fourth-order valence-electron chi connectivity index (χ4n) is 3.94. The van der Waals surface area contributed by atoms with Crippen LogP contribution in [0.2, 0.25) is 0 Å². The van der Waals surface area contributed by atoms with E-state index in [1.54, 1.807) is 0 Å². The van der Waals surface area contributed by atoms with Gasteiger partial charge in [0.2, 0.25) is 0 Å². The third kappa shape index (κ3) is 3.93. The maximum atomic E-state index is 12.3. The van der Waals surface area contributed by atoms with Gasteiger partial charge < -0.3 is 14.6 Å². The number of aromatic nitrogens is 2. The van der Waals surface area contributed by atoms with Crippen LogP contribution in [0.3, 0.4) is 0 Å². The van der Waals surface area contributed by atoms with Crippen LogP contribution < -0.4 is 4.90 Å². The van der Waals surface area contributed by atoms with Crippen molar-refractivity contribution < 1.29 is 9.90 Å². The lowest BCUT2D eigenvalue weighted by molar-refractivity contribution is -0.144. The zero-order valence-corrected chi connectivity index (χ0v) is 17.8. The molecule has 29 heavy (non-hydrogen) atoms. The van der Waals surface area contributed by atoms with Crippen LogP contribution in [-0.4, -0.2) is 51.7 Å². The zero-order chi connectivity index (χ0) is 20.4. The molecule has 0 radical (unpaired) electrons. The van der Waals surface area contributed by atoms with Crippen LogP contribution in [0.4, 0.5) is 5.69 Å². The standard InChI is InChI=1S/C22H23BrN4O2/c1-25-18(20(23)24-21(25)16-8-4-2-5-9-16)19(22(28)29)27-14-12-26(13-15-27)17-10-6-3-7-11-17/h2-11,19H,12-15H2,1H3,(H,28,29). The Balaban J connectivity index is 1.60. The second kappa shape index (κ2) is 8.39. The van der Waals surface area contributed by atoms with Crippen LogP contribution in [0.25, 0.3) is 11.4 Å². The number of imidazole rings is 1. The quantitative estimate of drug-likeness (QED) is 0.635. The molecule has 150 valence electrons. The Hall–Kier alpha value is -2.64. The molecule has 0 aliphatic carbocycles. The van der Waals surface area contributed by atoms with Gasteiger partial charge in [0.15, 0.2) is 6.04 Å². The van der Waals surface area contributed by atoms with Crippen LogP contribution in [0, 0.1) is 0 Å². The molecule has 3 aromatic rings. The van der Waals surface area contributed by atoms with Crippen LogP contribution in [0.15, 0.2) is 65.3 Å². The highest BCUT2D eigenvalue weighted by atomic mass is 79.9. The number of hydrogen-bond acceptors (Lipinski definition) is 4. The summed E-state index contributed by atoms with van der Waals surface area (Å²) in [5, 5.41) is 10.1. The summed E-state index contributed by atoms with van der Waals surface area (Å²) >= 11 is 3.52. The van der Waals surface area contributed by atoms with E-state index in [2.05, 4.69) is 37.9 Å². The maximum absolute atomic E-state index is 12.3. The first-order valence-corrected chi connectivity index (χ1v) is 10.4. The summed E-state index contributed by atoms with van der Waals surface area (Å²) in [7, 11) is 1.88. The molecule has 7 heteroatoms. The molecule has 1 aromatic heterocycles. The molecule has 1 atom stereocenters. The lowest BCUT2D eigenvalue weighted by atomic mass is 10.1. The molecular formula is C22H23BrN4O2. The molecule has 4 rings (SSSR count). The summed E-state index contributed by atoms with van der Waals surface area (Å²) in [6.45, 7) is 2.91. The number of rotatable bonds is 5. The highest BCUT2D eigenvalue weighted by molar-refractivity contribution is 9.10. The number of anilines is 1. The third-order valence-electron chi connectivity index (χ3n) is 5.42. The Kier molecular flexibility index (Phi) is 5.69. The fraction of sp³-hybridized carbons (Fsp3) is 0.273. The molecule has 1 unspecified atom stereocenters. The van der Waals surface area contributed by atoms with E-state index < -0.39 is 12.0 Å². The normalized spacial score (nSPS) is 16.0. The average Bonchev–Trinajstić information content (AvgIpc) is 3.04. The van der Waals surface area contributed by atoms with E-state index >= 15 is 0 Å². The van der Waals surface area contributed by atoms with Gasteiger partial charge in [0.25, 0.3) is 0 Å². The summed E-state index contributed by atoms with van der Waals surface area (Å²) in [6.07, 6.45) is 0. The van der Waals surface area contributed by atoms with E-state index in [0.717, 1.165) is 24.5 Å². The van der Waals surface area contributed by atoms with Gasteiger partial charge in [-0.15, -0.1) is 0 Å². The van der Waals surface area contributed by atoms with Gasteiger partial charge in [-0.25, -0.2) is 4.98 Å². The minimum atomic E-state index is -0.860. The molecule has 0 saturated carbocycles. The van der Waals surface area contributed by atoms with Gasteiger partial charge in [-0.2, -0.15) is 0 Å². The lowest BCUT2D eigenvalue weighted by Gasteiger charge is -2.38. The maximum Gasteiger partial charge on any atom is 0.327 e. The van der Waals surface area contributed by atoms with Gasteiger partial charge in [-0.3, -0.25) is 9.69 Å². The first-order chi connectivity index (χ1) is 14.1. The monoisotopic (exact) mass is 454 g/mol. The molecule has 2 aromatic carbocycles. The Labute approximate surface area is 178 Å². The molecule has 0 amide bonds. The van der Waals surface area contributed by atoms with Crippen LogP contribution in [0.1, 0.15) is 11.7 Å². The molecule has 1 aliphatic heterocycles. The van der Waals surface area contributed by atoms with Gasteiger partial charge in [-0.1, -0.05) is 48.5 Å². The number of carboxylic acids is 1. The number of para-hydroxylation sites is 1. The minimum Gasteiger partial charge on any atom is -0.480 e. The number of hydrogen-bond donors (Lipinski definition) is 1. The molecule has 1 N–H and O–H groups in total. The second-order valence-corrected chi connectivity index (χ2v) is 7.89. The smallest absolute Gasteiger partial charge is 0.327 e. The predicted molar refractivity (Wildman–Crippen MR) is 117 cm³/mol. The highest BCUT2D eigenvalue weighted by Gasteiger charge is 2.35. The summed E-state index contributed by atoms with van der Waals surface area (Å²) in [4.78, 5) is 21.2. The van der Waals surface area contributed by atoms with E-state index in [1.807, 2.05) is 65.0 Å². The van der Waals surface area contributed by atoms with Gasteiger partial charge in [0, 0.05) is 44.5 Å². The summed E-state index contributed by atoms with van der Waals surface area (Å²) in [5.41, 5.74) is 2.80. The predicted octanol–water partition coefficient (Wildman–Crippen LogP) is 3.80. The molecule has 2 heterocycles. The number of halogens is 1. The van der Waals surface area contributed by atoms with Gasteiger partial charge in [0.1, 0.15) is 10.4 Å². The summed E-state index contributed by atoms with van der Waals surface area (Å²) in [6, 6.07) is 19.3.